The van der Waals surface area contributed by atoms with E-state index in [1.54, 1.807) is 18.6 Å². The van der Waals surface area contributed by atoms with Gasteiger partial charge in [-0.15, -0.1) is 5.10 Å². The fraction of sp³-hybridized carbons (Fsp3) is 0.235. The Balaban J connectivity index is 1.52. The predicted molar refractivity (Wildman–Crippen MR) is 90.7 cm³/mol. The molecule has 7 heteroatoms. The second-order valence-electron chi connectivity index (χ2n) is 5.62. The van der Waals surface area contributed by atoms with Gasteiger partial charge in [-0.1, -0.05) is 0 Å². The maximum atomic E-state index is 9.21. The van der Waals surface area contributed by atoms with Gasteiger partial charge in [0.05, 0.1) is 17.3 Å². The number of anilines is 2. The minimum absolute atomic E-state index is 0.571. The lowest BCUT2D eigenvalue weighted by atomic mass is 10.2. The Kier molecular flexibility index (Phi) is 3.63. The van der Waals surface area contributed by atoms with E-state index < -0.39 is 0 Å². The smallest absolute Gasteiger partial charge is 0.169 e. The van der Waals surface area contributed by atoms with Gasteiger partial charge in [-0.2, -0.15) is 10.4 Å². The van der Waals surface area contributed by atoms with Crippen LogP contribution in [0.15, 0.2) is 43.0 Å². The Morgan fingerprint density at radius 1 is 1.04 bits per heavy atom. The number of piperazine rings is 1. The van der Waals surface area contributed by atoms with Crippen molar-refractivity contribution < 1.29 is 0 Å². The number of hydrogen-bond donors (Lipinski definition) is 0. The van der Waals surface area contributed by atoms with Gasteiger partial charge in [-0.25, -0.2) is 9.97 Å². The van der Waals surface area contributed by atoms with Crippen molar-refractivity contribution in [1.29, 1.82) is 5.26 Å². The maximum absolute atomic E-state index is 9.21. The number of benzene rings is 1. The van der Waals surface area contributed by atoms with Crippen molar-refractivity contribution in [2.75, 3.05) is 36.0 Å². The van der Waals surface area contributed by atoms with E-state index in [4.69, 9.17) is 0 Å². The van der Waals surface area contributed by atoms with Crippen molar-refractivity contribution in [3.05, 3.63) is 48.5 Å². The molecular weight excluding hydrogens is 302 g/mol. The molecule has 3 aromatic rings. The molecule has 1 fully saturated rings. The molecule has 1 saturated heterocycles. The highest BCUT2D eigenvalue weighted by molar-refractivity contribution is 5.81. The SMILES string of the molecule is N#Cc1ccnnc1N1CCN(c2ccc3ncncc3c2)CC1. The molecule has 0 radical (unpaired) electrons. The fourth-order valence-corrected chi connectivity index (χ4v) is 2.99. The first kappa shape index (κ1) is 14.3. The highest BCUT2D eigenvalue weighted by Crippen LogP contribution is 2.23. The summed E-state index contributed by atoms with van der Waals surface area (Å²) in [6.45, 7) is 3.33. The molecule has 2 aromatic heterocycles. The molecule has 4 rings (SSSR count). The van der Waals surface area contributed by atoms with Gasteiger partial charge >= 0.3 is 0 Å². The summed E-state index contributed by atoms with van der Waals surface area (Å²) in [5.41, 5.74) is 2.68. The van der Waals surface area contributed by atoms with Crippen LogP contribution < -0.4 is 9.80 Å². The number of nitriles is 1. The minimum atomic E-state index is 0.571. The molecule has 0 N–H and O–H groups in total. The van der Waals surface area contributed by atoms with Crippen molar-refractivity contribution in [3.8, 4) is 6.07 Å². The predicted octanol–water partition coefficient (Wildman–Crippen LogP) is 1.62. The molecule has 7 nitrogen and oxygen atoms in total. The molecule has 0 atom stereocenters. The molecule has 0 amide bonds. The summed E-state index contributed by atoms with van der Waals surface area (Å²) in [5.74, 6) is 0.673. The third-order valence-corrected chi connectivity index (χ3v) is 4.25. The standard InChI is InChI=1S/C17H15N7/c18-10-13-3-4-21-22-17(13)24-7-5-23(6-8-24)15-1-2-16-14(9-15)11-19-12-20-16/h1-4,9,11-12H,5-8H2. The van der Waals surface area contributed by atoms with Crippen LogP contribution in [0.1, 0.15) is 5.56 Å². The van der Waals surface area contributed by atoms with Crippen molar-refractivity contribution >= 4 is 22.4 Å². The second kappa shape index (κ2) is 6.08. The van der Waals surface area contributed by atoms with Crippen LogP contribution in [-0.4, -0.2) is 46.3 Å². The van der Waals surface area contributed by atoms with Gasteiger partial charge in [-0.05, 0) is 24.3 Å². The van der Waals surface area contributed by atoms with Crippen LogP contribution in [0.3, 0.4) is 0 Å². The number of nitrogens with zero attached hydrogens (tertiary/aromatic N) is 7. The summed E-state index contributed by atoms with van der Waals surface area (Å²) in [6.07, 6.45) is 4.95. The van der Waals surface area contributed by atoms with Gasteiger partial charge in [0.15, 0.2) is 5.82 Å². The van der Waals surface area contributed by atoms with Crippen molar-refractivity contribution in [2.24, 2.45) is 0 Å². The van der Waals surface area contributed by atoms with Crippen LogP contribution in [0, 0.1) is 11.3 Å². The number of hydrogen-bond acceptors (Lipinski definition) is 7. The third kappa shape index (κ3) is 2.58. The first-order valence-electron chi connectivity index (χ1n) is 7.76. The highest BCUT2D eigenvalue weighted by Gasteiger charge is 2.21. The van der Waals surface area contributed by atoms with E-state index in [0.717, 1.165) is 42.8 Å². The topological polar surface area (TPSA) is 81.8 Å². The van der Waals surface area contributed by atoms with E-state index in [9.17, 15) is 5.26 Å². The van der Waals surface area contributed by atoms with E-state index >= 15 is 0 Å². The van der Waals surface area contributed by atoms with Crippen molar-refractivity contribution in [2.45, 2.75) is 0 Å². The zero-order valence-corrected chi connectivity index (χ0v) is 13.0. The first-order chi connectivity index (χ1) is 11.8. The highest BCUT2D eigenvalue weighted by atomic mass is 15.3. The molecule has 0 aliphatic carbocycles. The molecule has 118 valence electrons. The van der Waals surface area contributed by atoms with Crippen LogP contribution in [0.4, 0.5) is 11.5 Å². The van der Waals surface area contributed by atoms with Gasteiger partial charge in [0.1, 0.15) is 12.4 Å². The lowest BCUT2D eigenvalue weighted by Gasteiger charge is -2.36. The third-order valence-electron chi connectivity index (χ3n) is 4.25. The van der Waals surface area contributed by atoms with Gasteiger partial charge in [0.2, 0.25) is 0 Å². The van der Waals surface area contributed by atoms with E-state index in [1.807, 2.05) is 12.3 Å². The summed E-state index contributed by atoms with van der Waals surface area (Å²) < 4.78 is 0. The molecule has 0 unspecified atom stereocenters. The second-order valence-corrected chi connectivity index (χ2v) is 5.62. The Morgan fingerprint density at radius 2 is 1.88 bits per heavy atom. The average molecular weight is 317 g/mol. The zero-order valence-electron chi connectivity index (χ0n) is 13.0. The summed E-state index contributed by atoms with van der Waals surface area (Å²) >= 11 is 0. The molecule has 0 spiro atoms. The van der Waals surface area contributed by atoms with Crippen LogP contribution in [0.5, 0.6) is 0 Å². The first-order valence-corrected chi connectivity index (χ1v) is 7.76. The number of fused-ring (bicyclic) bond motifs is 1. The van der Waals surface area contributed by atoms with Crippen LogP contribution in [0.25, 0.3) is 10.9 Å². The molecular formula is C17H15N7. The van der Waals surface area contributed by atoms with Gasteiger partial charge in [0.25, 0.3) is 0 Å². The van der Waals surface area contributed by atoms with Gasteiger partial charge < -0.3 is 9.80 Å². The van der Waals surface area contributed by atoms with Gasteiger partial charge in [-0.3, -0.25) is 0 Å². The molecule has 1 aliphatic rings. The molecule has 24 heavy (non-hydrogen) atoms. The Labute approximate surface area is 139 Å². The lowest BCUT2D eigenvalue weighted by Crippen LogP contribution is -2.47. The monoisotopic (exact) mass is 317 g/mol. The van der Waals surface area contributed by atoms with E-state index in [-0.39, 0.29) is 0 Å². The molecule has 0 saturated carbocycles. The normalized spacial score (nSPS) is 14.6. The van der Waals surface area contributed by atoms with E-state index in [0.29, 0.717) is 11.4 Å². The van der Waals surface area contributed by atoms with Crippen LogP contribution in [0.2, 0.25) is 0 Å². The summed E-state index contributed by atoms with van der Waals surface area (Å²) in [4.78, 5) is 12.8. The Bertz CT molecular complexity index is 910. The largest absolute Gasteiger partial charge is 0.368 e. The Hall–Kier alpha value is -3.27. The quantitative estimate of drug-likeness (QED) is 0.710. The maximum Gasteiger partial charge on any atom is 0.169 e. The Morgan fingerprint density at radius 3 is 2.71 bits per heavy atom. The van der Waals surface area contributed by atoms with Gasteiger partial charge in [0, 0.05) is 43.4 Å². The summed E-state index contributed by atoms with van der Waals surface area (Å²) in [5, 5.41) is 18.3. The van der Waals surface area contributed by atoms with Crippen molar-refractivity contribution in [3.63, 3.8) is 0 Å². The number of rotatable bonds is 2. The average Bonchev–Trinajstić information content (AvgIpc) is 2.67. The van der Waals surface area contributed by atoms with E-state index in [1.165, 1.54) is 0 Å². The summed E-state index contributed by atoms with van der Waals surface area (Å²) in [6, 6.07) is 10.1. The van der Waals surface area contributed by atoms with Crippen molar-refractivity contribution in [1.82, 2.24) is 20.2 Å². The minimum Gasteiger partial charge on any atom is -0.368 e. The van der Waals surface area contributed by atoms with E-state index in [2.05, 4.69) is 48.2 Å². The van der Waals surface area contributed by atoms with Crippen LogP contribution in [-0.2, 0) is 0 Å². The van der Waals surface area contributed by atoms with Crippen LogP contribution >= 0.6 is 0 Å². The molecule has 3 heterocycles. The summed E-state index contributed by atoms with van der Waals surface area (Å²) in [7, 11) is 0. The number of aromatic nitrogens is 4. The molecule has 0 bridgehead atoms. The molecule has 1 aromatic carbocycles. The molecule has 1 aliphatic heterocycles. The fourth-order valence-electron chi connectivity index (χ4n) is 2.99. The zero-order chi connectivity index (χ0) is 16.4. The lowest BCUT2D eigenvalue weighted by molar-refractivity contribution is 0.643.